The van der Waals surface area contributed by atoms with E-state index in [4.69, 9.17) is 0 Å². The summed E-state index contributed by atoms with van der Waals surface area (Å²) in [4.78, 5) is 0. The van der Waals surface area contributed by atoms with Crippen molar-refractivity contribution in [2.75, 3.05) is 0 Å². The smallest absolute Gasteiger partial charge is 0.278 e. The van der Waals surface area contributed by atoms with Crippen LogP contribution in [0.3, 0.4) is 0 Å². The van der Waals surface area contributed by atoms with Crippen LogP contribution in [0.1, 0.15) is 17.5 Å². The van der Waals surface area contributed by atoms with E-state index in [-0.39, 0.29) is 6.42 Å². The van der Waals surface area contributed by atoms with Crippen LogP contribution in [0, 0.1) is 0 Å². The minimum absolute atomic E-state index is 0.205. The van der Waals surface area contributed by atoms with Gasteiger partial charge in [0.05, 0.1) is 0 Å². The zero-order chi connectivity index (χ0) is 15.6. The maximum atomic E-state index is 12.2. The lowest BCUT2D eigenvalue weighted by atomic mass is 9.84. The van der Waals surface area contributed by atoms with Gasteiger partial charge in [0, 0.05) is 6.42 Å². The Morgan fingerprint density at radius 1 is 0.909 bits per heavy atom. The van der Waals surface area contributed by atoms with Gasteiger partial charge in [0.15, 0.2) is 0 Å². The highest BCUT2D eigenvalue weighted by Gasteiger charge is 2.44. The third kappa shape index (κ3) is 2.51. The Bertz CT molecular complexity index is 821. The minimum Gasteiger partial charge on any atom is -0.285 e. The van der Waals surface area contributed by atoms with Gasteiger partial charge in [-0.15, -0.1) is 0 Å². The number of benzene rings is 2. The van der Waals surface area contributed by atoms with Crippen molar-refractivity contribution in [1.82, 2.24) is 0 Å². The quantitative estimate of drug-likeness (QED) is 0.877. The molecule has 3 rings (SSSR count). The average Bonchev–Trinajstić information content (AvgIpc) is 2.55. The summed E-state index contributed by atoms with van der Waals surface area (Å²) >= 11 is 0. The summed E-state index contributed by atoms with van der Waals surface area (Å²) in [5.41, 5.74) is 2.40. The number of rotatable bonds is 3. The Hall–Kier alpha value is -2.17. The first-order valence-electron chi connectivity index (χ1n) is 6.99. The Balaban J connectivity index is 2.12. The summed E-state index contributed by atoms with van der Waals surface area (Å²) in [5, 5.41) is 0. The highest BCUT2D eigenvalue weighted by molar-refractivity contribution is 7.87. The summed E-state index contributed by atoms with van der Waals surface area (Å²) in [6, 6.07) is 18.4. The Kier molecular flexibility index (Phi) is 3.72. The number of hydrogen-bond acceptors (Lipinski definition) is 2. The van der Waals surface area contributed by atoms with Crippen molar-refractivity contribution < 1.29 is 13.0 Å². The molecule has 4 heteroatoms. The molecule has 112 valence electrons. The Morgan fingerprint density at radius 3 is 2.09 bits per heavy atom. The molecular formula is C18H16O3S. The molecular weight excluding hydrogens is 296 g/mol. The Morgan fingerprint density at radius 2 is 1.50 bits per heavy atom. The second-order valence-electron chi connectivity index (χ2n) is 5.32. The number of allylic oxidation sites excluding steroid dienone is 3. The molecule has 0 bridgehead atoms. The topological polar surface area (TPSA) is 54.4 Å². The van der Waals surface area contributed by atoms with Crippen molar-refractivity contribution in [2.24, 2.45) is 0 Å². The van der Waals surface area contributed by atoms with Crippen molar-refractivity contribution in [2.45, 2.75) is 11.2 Å². The minimum atomic E-state index is -4.31. The molecule has 0 saturated carbocycles. The molecule has 1 atom stereocenters. The van der Waals surface area contributed by atoms with Crippen LogP contribution in [0.15, 0.2) is 78.9 Å². The lowest BCUT2D eigenvalue weighted by Gasteiger charge is -2.31. The van der Waals surface area contributed by atoms with Crippen LogP contribution in [0.5, 0.6) is 0 Å². The molecule has 0 fully saturated rings. The molecule has 0 aliphatic heterocycles. The molecule has 0 saturated heterocycles. The zero-order valence-electron chi connectivity index (χ0n) is 11.9. The SMILES string of the molecule is O=S(=O)(O)C1(c2ccccc2)C=CC=C(c2ccccc2)C1. The Labute approximate surface area is 130 Å². The van der Waals surface area contributed by atoms with E-state index in [2.05, 4.69) is 0 Å². The second kappa shape index (κ2) is 5.55. The van der Waals surface area contributed by atoms with Gasteiger partial charge in [0.1, 0.15) is 4.75 Å². The predicted molar refractivity (Wildman–Crippen MR) is 87.8 cm³/mol. The van der Waals surface area contributed by atoms with E-state index in [9.17, 15) is 13.0 Å². The van der Waals surface area contributed by atoms with Gasteiger partial charge in [0.25, 0.3) is 10.1 Å². The molecule has 0 heterocycles. The van der Waals surface area contributed by atoms with E-state index in [0.29, 0.717) is 5.56 Å². The van der Waals surface area contributed by atoms with Gasteiger partial charge in [-0.25, -0.2) is 0 Å². The first-order chi connectivity index (χ1) is 10.5. The highest BCUT2D eigenvalue weighted by Crippen LogP contribution is 2.42. The van der Waals surface area contributed by atoms with Gasteiger partial charge in [-0.2, -0.15) is 8.42 Å². The largest absolute Gasteiger partial charge is 0.285 e. The molecule has 2 aromatic rings. The van der Waals surface area contributed by atoms with Crippen molar-refractivity contribution in [3.8, 4) is 0 Å². The summed E-state index contributed by atoms with van der Waals surface area (Å²) in [6.07, 6.45) is 5.36. The summed E-state index contributed by atoms with van der Waals surface area (Å²) in [6.45, 7) is 0. The van der Waals surface area contributed by atoms with Crippen molar-refractivity contribution in [1.29, 1.82) is 0 Å². The molecule has 1 unspecified atom stereocenters. The summed E-state index contributed by atoms with van der Waals surface area (Å²) in [7, 11) is -4.31. The van der Waals surface area contributed by atoms with Gasteiger partial charge in [-0.05, 0) is 16.7 Å². The van der Waals surface area contributed by atoms with Gasteiger partial charge in [0.2, 0.25) is 0 Å². The molecule has 0 aromatic heterocycles. The summed E-state index contributed by atoms with van der Waals surface area (Å²) in [5.74, 6) is 0. The van der Waals surface area contributed by atoms with E-state index in [1.807, 2.05) is 42.5 Å². The maximum Gasteiger partial charge on any atom is 0.278 e. The van der Waals surface area contributed by atoms with Crippen molar-refractivity contribution in [3.05, 3.63) is 90.0 Å². The van der Waals surface area contributed by atoms with Crippen molar-refractivity contribution in [3.63, 3.8) is 0 Å². The van der Waals surface area contributed by atoms with Crippen molar-refractivity contribution >= 4 is 15.7 Å². The van der Waals surface area contributed by atoms with Gasteiger partial charge < -0.3 is 0 Å². The molecule has 22 heavy (non-hydrogen) atoms. The second-order valence-corrected chi connectivity index (χ2v) is 7.00. The molecule has 0 radical (unpaired) electrons. The first kappa shape index (κ1) is 14.8. The third-order valence-corrected chi connectivity index (χ3v) is 5.42. The fourth-order valence-corrected chi connectivity index (χ4v) is 3.84. The van der Waals surface area contributed by atoms with Crippen LogP contribution < -0.4 is 0 Å². The molecule has 1 aliphatic rings. The monoisotopic (exact) mass is 312 g/mol. The molecule has 2 aromatic carbocycles. The molecule has 0 spiro atoms. The van der Waals surface area contributed by atoms with Gasteiger partial charge >= 0.3 is 0 Å². The van der Waals surface area contributed by atoms with E-state index in [1.54, 1.807) is 36.4 Å². The van der Waals surface area contributed by atoms with Crippen LogP contribution in [0.2, 0.25) is 0 Å². The predicted octanol–water partition coefficient (Wildman–Crippen LogP) is 3.81. The van der Waals surface area contributed by atoms with Crippen LogP contribution in [-0.2, 0) is 14.9 Å². The van der Waals surface area contributed by atoms with E-state index >= 15 is 0 Å². The van der Waals surface area contributed by atoms with Crippen LogP contribution in [-0.4, -0.2) is 13.0 Å². The van der Waals surface area contributed by atoms with E-state index in [1.165, 1.54) is 0 Å². The molecule has 1 N–H and O–H groups in total. The van der Waals surface area contributed by atoms with E-state index in [0.717, 1.165) is 11.1 Å². The lowest BCUT2D eigenvalue weighted by Crippen LogP contribution is -2.35. The molecule has 3 nitrogen and oxygen atoms in total. The van der Waals surface area contributed by atoms with Gasteiger partial charge in [-0.3, -0.25) is 4.55 Å². The normalized spacial score (nSPS) is 21.4. The standard InChI is InChI=1S/C18H16O3S/c19-22(20,21)18(17-11-5-2-6-12-17)13-7-10-16(14-18)15-8-3-1-4-9-15/h1-13H,14H2,(H,19,20,21). The maximum absolute atomic E-state index is 12.2. The first-order valence-corrected chi connectivity index (χ1v) is 8.43. The fourth-order valence-electron chi connectivity index (χ4n) is 2.82. The average molecular weight is 312 g/mol. The number of hydrogen-bond donors (Lipinski definition) is 1. The van der Waals surface area contributed by atoms with Crippen LogP contribution in [0.4, 0.5) is 0 Å². The lowest BCUT2D eigenvalue weighted by molar-refractivity contribution is 0.449. The van der Waals surface area contributed by atoms with E-state index < -0.39 is 14.9 Å². The summed E-state index contributed by atoms with van der Waals surface area (Å²) < 4.78 is 32.8. The fraction of sp³-hybridized carbons (Fsp3) is 0.111. The van der Waals surface area contributed by atoms with Crippen LogP contribution in [0.25, 0.3) is 5.57 Å². The third-order valence-electron chi connectivity index (χ3n) is 3.98. The van der Waals surface area contributed by atoms with Gasteiger partial charge in [-0.1, -0.05) is 78.9 Å². The molecule has 1 aliphatic carbocycles. The zero-order valence-corrected chi connectivity index (χ0v) is 12.7. The van der Waals surface area contributed by atoms with Crippen LogP contribution >= 0.6 is 0 Å². The molecule has 0 amide bonds. The highest BCUT2D eigenvalue weighted by atomic mass is 32.2.